The van der Waals surface area contributed by atoms with E-state index < -0.39 is 41.4 Å². The van der Waals surface area contributed by atoms with E-state index >= 15 is 4.39 Å². The van der Waals surface area contributed by atoms with E-state index in [9.17, 15) is 27.9 Å². The van der Waals surface area contributed by atoms with E-state index in [-0.39, 0.29) is 59.9 Å². The first-order valence-electron chi connectivity index (χ1n) is 18.5. The third kappa shape index (κ3) is 8.19. The highest BCUT2D eigenvalue weighted by atomic mass is 35.5. The molecule has 0 radical (unpaired) electrons. The van der Waals surface area contributed by atoms with E-state index in [1.165, 1.54) is 20.3 Å². The number of pyridine rings is 2. The Morgan fingerprint density at radius 2 is 1.73 bits per heavy atom. The number of Topliss-reactive ketones (excluding diaryl/α,β-unsaturated/α-hetero) is 1. The second-order valence-corrected chi connectivity index (χ2v) is 14.9. The Hall–Kier alpha value is -4.79. The predicted molar refractivity (Wildman–Crippen MR) is 199 cm³/mol. The van der Waals surface area contributed by atoms with Gasteiger partial charge >= 0.3 is 12.1 Å². The molecule has 2 N–H and O–H groups in total. The van der Waals surface area contributed by atoms with Crippen molar-refractivity contribution in [2.75, 3.05) is 33.9 Å². The number of methoxy groups -OCH3 is 2. The Bertz CT molecular complexity index is 2150. The number of rotatable bonds is 13. The van der Waals surface area contributed by atoms with Crippen LogP contribution in [0.15, 0.2) is 48.5 Å². The number of ketones is 1. The third-order valence-corrected chi connectivity index (χ3v) is 11.3. The summed E-state index contributed by atoms with van der Waals surface area (Å²) >= 11 is 7.05. The van der Waals surface area contributed by atoms with Crippen molar-refractivity contribution in [3.8, 4) is 40.0 Å². The van der Waals surface area contributed by atoms with Gasteiger partial charge in [0.05, 0.1) is 36.4 Å². The van der Waals surface area contributed by atoms with Crippen molar-refractivity contribution in [3.63, 3.8) is 0 Å². The van der Waals surface area contributed by atoms with Crippen molar-refractivity contribution < 1.29 is 46.5 Å². The molecule has 2 fully saturated rings. The van der Waals surface area contributed by atoms with Crippen LogP contribution in [0.4, 0.5) is 17.6 Å². The monoisotopic (exact) mass is 796 g/mol. The van der Waals surface area contributed by atoms with Gasteiger partial charge in [0, 0.05) is 55.2 Å². The molecular formula is C41H41ClF4N4O6. The number of nitrogens with one attached hydrogen (secondary N) is 1. The van der Waals surface area contributed by atoms with Gasteiger partial charge in [-0.25, -0.2) is 9.37 Å². The molecule has 2 aromatic carbocycles. The lowest BCUT2D eigenvalue weighted by molar-refractivity contribution is -0.141. The molecule has 4 aromatic rings. The van der Waals surface area contributed by atoms with Crippen molar-refractivity contribution in [1.29, 1.82) is 0 Å². The molecule has 10 nitrogen and oxygen atoms in total. The SMILES string of the molecule is COc1nc(O[C@H]2CCc3c(-c4cccc(-c5cc(F)c(CNC[C@@H]6CCC(=O)C6)c(OC)n5)c4Cl)cccc32)c(C(F)(F)F)cc1CN1CC[C@H](C(=O)O)C1. The highest BCUT2D eigenvalue weighted by molar-refractivity contribution is 6.36. The van der Waals surface area contributed by atoms with Crippen molar-refractivity contribution in [2.24, 2.45) is 11.8 Å². The lowest BCUT2D eigenvalue weighted by Gasteiger charge is -2.22. The summed E-state index contributed by atoms with van der Waals surface area (Å²) in [5, 5.41) is 12.9. The van der Waals surface area contributed by atoms with Crippen LogP contribution in [-0.2, 0) is 35.3 Å². The zero-order valence-electron chi connectivity index (χ0n) is 30.8. The maximum Gasteiger partial charge on any atom is 0.421 e. The van der Waals surface area contributed by atoms with Crippen LogP contribution < -0.4 is 19.5 Å². The summed E-state index contributed by atoms with van der Waals surface area (Å²) in [6.07, 6.45) is -2.40. The average molecular weight is 797 g/mol. The van der Waals surface area contributed by atoms with Gasteiger partial charge in [-0.05, 0) is 67.4 Å². The molecule has 3 heterocycles. The molecule has 15 heteroatoms. The van der Waals surface area contributed by atoms with Crippen LogP contribution in [0.3, 0.4) is 0 Å². The van der Waals surface area contributed by atoms with Gasteiger partial charge in [-0.1, -0.05) is 48.0 Å². The molecule has 0 spiro atoms. The van der Waals surface area contributed by atoms with E-state index in [2.05, 4.69) is 15.3 Å². The van der Waals surface area contributed by atoms with E-state index in [0.717, 1.165) is 23.6 Å². The fourth-order valence-electron chi connectivity index (χ4n) is 8.04. The number of carboxylic acid groups (broad SMARTS) is 1. The van der Waals surface area contributed by atoms with Gasteiger partial charge in [-0.15, -0.1) is 0 Å². The molecule has 3 aliphatic rings. The molecule has 0 bridgehead atoms. The summed E-state index contributed by atoms with van der Waals surface area (Å²) in [6, 6.07) is 13.1. The van der Waals surface area contributed by atoms with Crippen molar-refractivity contribution in [1.82, 2.24) is 20.2 Å². The summed E-state index contributed by atoms with van der Waals surface area (Å²) in [5.74, 6) is -2.13. The van der Waals surface area contributed by atoms with Crippen LogP contribution in [0, 0.1) is 17.7 Å². The van der Waals surface area contributed by atoms with Crippen molar-refractivity contribution in [2.45, 2.75) is 63.9 Å². The number of ether oxygens (including phenoxy) is 3. The maximum absolute atomic E-state index is 15.6. The molecule has 1 saturated carbocycles. The number of fused-ring (bicyclic) bond motifs is 1. The van der Waals surface area contributed by atoms with Gasteiger partial charge in [-0.3, -0.25) is 14.5 Å². The zero-order valence-corrected chi connectivity index (χ0v) is 31.6. The Morgan fingerprint density at radius 1 is 0.982 bits per heavy atom. The number of halogens is 5. The van der Waals surface area contributed by atoms with Gasteiger partial charge in [0.2, 0.25) is 17.6 Å². The van der Waals surface area contributed by atoms with Crippen LogP contribution in [0.1, 0.15) is 66.0 Å². The number of likely N-dealkylation sites (tertiary alicyclic amines) is 1. The number of carbonyl (C=O) groups excluding carboxylic acids is 1. The van der Waals surface area contributed by atoms with Gasteiger partial charge in [0.25, 0.3) is 0 Å². The first kappa shape index (κ1) is 39.4. The molecule has 0 unspecified atom stereocenters. The minimum absolute atomic E-state index is 0.0323. The third-order valence-electron chi connectivity index (χ3n) is 10.9. The molecule has 3 atom stereocenters. The Balaban J connectivity index is 1.14. The second-order valence-electron chi connectivity index (χ2n) is 14.5. The van der Waals surface area contributed by atoms with Gasteiger partial charge in [-0.2, -0.15) is 18.2 Å². The van der Waals surface area contributed by atoms with E-state index in [1.54, 1.807) is 29.2 Å². The molecular weight excluding hydrogens is 756 g/mol. The first-order valence-corrected chi connectivity index (χ1v) is 18.9. The van der Waals surface area contributed by atoms with Crippen LogP contribution in [-0.4, -0.2) is 65.6 Å². The minimum Gasteiger partial charge on any atom is -0.481 e. The molecule has 296 valence electrons. The van der Waals surface area contributed by atoms with Crippen LogP contribution in [0.5, 0.6) is 17.6 Å². The number of hydrogen-bond acceptors (Lipinski definition) is 9. The number of hydrogen-bond donors (Lipinski definition) is 2. The molecule has 2 aliphatic carbocycles. The Kier molecular flexibility index (Phi) is 11.5. The Labute approximate surface area is 326 Å². The highest BCUT2D eigenvalue weighted by Gasteiger charge is 2.39. The molecule has 1 aliphatic heterocycles. The number of alkyl halides is 3. The van der Waals surface area contributed by atoms with E-state index in [4.69, 9.17) is 25.8 Å². The lowest BCUT2D eigenvalue weighted by Crippen LogP contribution is -2.24. The van der Waals surface area contributed by atoms with Gasteiger partial charge < -0.3 is 24.6 Å². The fraction of sp³-hybridized carbons (Fsp3) is 0.415. The zero-order chi connectivity index (χ0) is 39.7. The lowest BCUT2D eigenvalue weighted by atomic mass is 9.94. The molecule has 0 amide bonds. The number of carboxylic acids is 1. The minimum atomic E-state index is -4.79. The summed E-state index contributed by atoms with van der Waals surface area (Å²) < 4.78 is 76.2. The van der Waals surface area contributed by atoms with Crippen LogP contribution in [0.25, 0.3) is 22.4 Å². The van der Waals surface area contributed by atoms with Crippen LogP contribution >= 0.6 is 11.6 Å². The molecule has 1 saturated heterocycles. The maximum atomic E-state index is 15.6. The van der Waals surface area contributed by atoms with E-state index in [0.29, 0.717) is 66.9 Å². The molecule has 7 rings (SSSR count). The second kappa shape index (κ2) is 16.4. The average Bonchev–Trinajstić information content (AvgIpc) is 3.92. The largest absolute Gasteiger partial charge is 0.481 e. The molecule has 56 heavy (non-hydrogen) atoms. The molecule has 2 aromatic heterocycles. The first-order chi connectivity index (χ1) is 26.8. The summed E-state index contributed by atoms with van der Waals surface area (Å²) in [4.78, 5) is 33.7. The highest BCUT2D eigenvalue weighted by Crippen LogP contribution is 2.46. The van der Waals surface area contributed by atoms with Gasteiger partial charge in [0.15, 0.2) is 0 Å². The number of nitrogens with zero attached hydrogens (tertiary/aromatic N) is 3. The number of aromatic nitrogens is 2. The van der Waals surface area contributed by atoms with Crippen molar-refractivity contribution in [3.05, 3.63) is 87.2 Å². The van der Waals surface area contributed by atoms with E-state index in [1.807, 2.05) is 12.1 Å². The smallest absolute Gasteiger partial charge is 0.421 e. The standard InChI is InChI=1S/C41H41ClF4N4O6/c1-54-37-24(21-50-14-13-23(20-50)40(52)53)16-32(41(44,45)46)39(49-37)56-35-12-11-27-26(5-3-6-28(27)35)29-7-4-8-30(36(29)42)34-17-33(43)31(38(48-34)55-2)19-47-18-22-9-10-25(51)15-22/h3-8,16-17,22-23,35,47H,9-15,18-21H2,1-2H3,(H,52,53)/t22-,23+,35+/m1/s1. The quantitative estimate of drug-likeness (QED) is 0.129. The fourth-order valence-corrected chi connectivity index (χ4v) is 8.36. The predicted octanol–water partition coefficient (Wildman–Crippen LogP) is 8.07. The Morgan fingerprint density at radius 3 is 2.43 bits per heavy atom. The van der Waals surface area contributed by atoms with Crippen LogP contribution in [0.2, 0.25) is 5.02 Å². The summed E-state index contributed by atoms with van der Waals surface area (Å²) in [6.45, 7) is 1.42. The number of carbonyl (C=O) groups is 2. The van der Waals surface area contributed by atoms with Gasteiger partial charge in [0.1, 0.15) is 23.3 Å². The number of aliphatic carboxylic acids is 1. The topological polar surface area (TPSA) is 123 Å². The number of benzene rings is 2. The van der Waals surface area contributed by atoms with Crippen molar-refractivity contribution >= 4 is 23.4 Å². The normalized spacial score (nSPS) is 19.7. The summed E-state index contributed by atoms with van der Waals surface area (Å²) in [7, 11) is 2.73. The summed E-state index contributed by atoms with van der Waals surface area (Å²) in [5.41, 5.74) is 3.03.